The molecule has 0 aliphatic heterocycles. The van der Waals surface area contributed by atoms with Crippen LogP contribution in [0.15, 0.2) is 18.3 Å². The van der Waals surface area contributed by atoms with Gasteiger partial charge in [-0.05, 0) is 12.3 Å². The predicted octanol–water partition coefficient (Wildman–Crippen LogP) is 2.91. The van der Waals surface area contributed by atoms with Gasteiger partial charge in [-0.25, -0.2) is 4.79 Å². The maximum atomic E-state index is 11.9. The molecule has 1 fully saturated rings. The monoisotopic (exact) mass is 302 g/mol. The SMILES string of the molecule is Cn1ccc(NC(=O)Nc2cc(CC3CCCCC3)[nH]n2)n1. The highest BCUT2D eigenvalue weighted by Gasteiger charge is 2.15. The van der Waals surface area contributed by atoms with Gasteiger partial charge in [0.2, 0.25) is 0 Å². The van der Waals surface area contributed by atoms with Gasteiger partial charge in [0.15, 0.2) is 11.6 Å². The second-order valence-corrected chi connectivity index (χ2v) is 5.94. The van der Waals surface area contributed by atoms with E-state index in [1.807, 2.05) is 6.07 Å². The molecule has 0 unspecified atom stereocenters. The van der Waals surface area contributed by atoms with Crippen LogP contribution in [0.25, 0.3) is 0 Å². The van der Waals surface area contributed by atoms with Gasteiger partial charge in [-0.2, -0.15) is 10.2 Å². The zero-order valence-corrected chi connectivity index (χ0v) is 12.8. The van der Waals surface area contributed by atoms with Crippen molar-refractivity contribution in [3.8, 4) is 0 Å². The van der Waals surface area contributed by atoms with Crippen molar-refractivity contribution in [1.82, 2.24) is 20.0 Å². The van der Waals surface area contributed by atoms with Gasteiger partial charge in [-0.3, -0.25) is 20.4 Å². The van der Waals surface area contributed by atoms with Crippen molar-refractivity contribution >= 4 is 17.7 Å². The van der Waals surface area contributed by atoms with E-state index in [2.05, 4.69) is 25.9 Å². The van der Waals surface area contributed by atoms with Gasteiger partial charge in [0.25, 0.3) is 0 Å². The van der Waals surface area contributed by atoms with E-state index in [4.69, 9.17) is 0 Å². The zero-order valence-electron chi connectivity index (χ0n) is 12.8. The molecule has 0 spiro atoms. The molecule has 3 N–H and O–H groups in total. The van der Waals surface area contributed by atoms with Crippen LogP contribution in [0.3, 0.4) is 0 Å². The molecule has 0 aromatic carbocycles. The fraction of sp³-hybridized carbons (Fsp3) is 0.533. The molecule has 22 heavy (non-hydrogen) atoms. The van der Waals surface area contributed by atoms with Gasteiger partial charge < -0.3 is 0 Å². The summed E-state index contributed by atoms with van der Waals surface area (Å²) in [7, 11) is 1.80. The van der Waals surface area contributed by atoms with Gasteiger partial charge in [0.1, 0.15) is 0 Å². The zero-order chi connectivity index (χ0) is 15.4. The van der Waals surface area contributed by atoms with E-state index in [1.165, 1.54) is 32.1 Å². The van der Waals surface area contributed by atoms with Crippen molar-refractivity contribution in [1.29, 1.82) is 0 Å². The Bertz CT molecular complexity index is 626. The third-order valence-corrected chi connectivity index (χ3v) is 4.06. The minimum Gasteiger partial charge on any atom is -0.291 e. The number of carbonyl (C=O) groups is 1. The van der Waals surface area contributed by atoms with Gasteiger partial charge in [-0.1, -0.05) is 32.1 Å². The Morgan fingerprint density at radius 1 is 1.32 bits per heavy atom. The Labute approximate surface area is 129 Å². The summed E-state index contributed by atoms with van der Waals surface area (Å²) in [5, 5.41) is 16.6. The minimum absolute atomic E-state index is 0.339. The number of carbonyl (C=O) groups excluding carboxylic acids is 1. The number of nitrogens with one attached hydrogen (secondary N) is 3. The molecule has 2 aromatic heterocycles. The number of urea groups is 1. The lowest BCUT2D eigenvalue weighted by Gasteiger charge is -2.20. The lowest BCUT2D eigenvalue weighted by Crippen LogP contribution is -2.20. The van der Waals surface area contributed by atoms with E-state index in [0.717, 1.165) is 18.0 Å². The number of hydrogen-bond donors (Lipinski definition) is 3. The number of amides is 2. The number of rotatable bonds is 4. The topological polar surface area (TPSA) is 87.6 Å². The lowest BCUT2D eigenvalue weighted by molar-refractivity contribution is 0.262. The van der Waals surface area contributed by atoms with Crippen LogP contribution in [-0.2, 0) is 13.5 Å². The second kappa shape index (κ2) is 6.64. The molecule has 0 bridgehead atoms. The first-order valence-electron chi connectivity index (χ1n) is 7.81. The molecule has 0 radical (unpaired) electrons. The predicted molar refractivity (Wildman–Crippen MR) is 84.7 cm³/mol. The van der Waals surface area contributed by atoms with Crippen LogP contribution in [0.4, 0.5) is 16.4 Å². The molecule has 1 aliphatic rings. The summed E-state index contributed by atoms with van der Waals surface area (Å²) in [6.45, 7) is 0. The molecule has 1 aliphatic carbocycles. The first kappa shape index (κ1) is 14.6. The molecule has 7 heteroatoms. The quantitative estimate of drug-likeness (QED) is 0.811. The average Bonchev–Trinajstić information content (AvgIpc) is 3.09. The highest BCUT2D eigenvalue weighted by atomic mass is 16.2. The summed E-state index contributed by atoms with van der Waals surface area (Å²) in [5.74, 6) is 1.79. The smallest absolute Gasteiger partial charge is 0.291 e. The van der Waals surface area contributed by atoms with Crippen LogP contribution < -0.4 is 10.6 Å². The molecule has 2 amide bonds. The van der Waals surface area contributed by atoms with Crippen LogP contribution >= 0.6 is 0 Å². The van der Waals surface area contributed by atoms with E-state index < -0.39 is 0 Å². The Hall–Kier alpha value is -2.31. The molecule has 118 valence electrons. The second-order valence-electron chi connectivity index (χ2n) is 5.94. The Balaban J connectivity index is 1.51. The molecular weight excluding hydrogens is 280 g/mol. The molecule has 0 saturated heterocycles. The first-order chi connectivity index (χ1) is 10.7. The fourth-order valence-electron chi connectivity index (χ4n) is 2.98. The number of H-pyrrole nitrogens is 1. The highest BCUT2D eigenvalue weighted by Crippen LogP contribution is 2.26. The van der Waals surface area contributed by atoms with Crippen molar-refractivity contribution in [3.63, 3.8) is 0 Å². The van der Waals surface area contributed by atoms with E-state index in [0.29, 0.717) is 11.6 Å². The Kier molecular flexibility index (Phi) is 4.41. The summed E-state index contributed by atoms with van der Waals surface area (Å²) in [6, 6.07) is 3.31. The van der Waals surface area contributed by atoms with Gasteiger partial charge in [0.05, 0.1) is 0 Å². The summed E-state index contributed by atoms with van der Waals surface area (Å²) in [5.41, 5.74) is 1.08. The van der Waals surface area contributed by atoms with Crippen LogP contribution in [0.1, 0.15) is 37.8 Å². The van der Waals surface area contributed by atoms with Crippen molar-refractivity contribution in [2.45, 2.75) is 38.5 Å². The lowest BCUT2D eigenvalue weighted by atomic mass is 9.86. The maximum absolute atomic E-state index is 11.9. The summed E-state index contributed by atoms with van der Waals surface area (Å²) in [6.07, 6.45) is 9.39. The van der Waals surface area contributed by atoms with Gasteiger partial charge in [-0.15, -0.1) is 0 Å². The molecule has 7 nitrogen and oxygen atoms in total. The molecule has 3 rings (SSSR count). The number of aryl methyl sites for hydroxylation is 1. The summed E-state index contributed by atoms with van der Waals surface area (Å²) in [4.78, 5) is 11.9. The van der Waals surface area contributed by atoms with Crippen LogP contribution in [0, 0.1) is 5.92 Å². The number of hydrogen-bond acceptors (Lipinski definition) is 3. The van der Waals surface area contributed by atoms with Crippen molar-refractivity contribution in [2.24, 2.45) is 13.0 Å². The van der Waals surface area contributed by atoms with E-state index in [1.54, 1.807) is 24.0 Å². The normalized spacial score (nSPS) is 15.7. The molecule has 1 saturated carbocycles. The third-order valence-electron chi connectivity index (χ3n) is 4.06. The van der Waals surface area contributed by atoms with Crippen molar-refractivity contribution in [2.75, 3.05) is 10.6 Å². The molecule has 0 atom stereocenters. The number of anilines is 2. The van der Waals surface area contributed by atoms with E-state index in [9.17, 15) is 4.79 Å². The van der Waals surface area contributed by atoms with Crippen LogP contribution in [-0.4, -0.2) is 26.0 Å². The standard InChI is InChI=1S/C15H22N6O/c1-21-8-7-13(20-21)16-15(22)17-14-10-12(18-19-14)9-11-5-3-2-4-6-11/h7-8,10-11H,2-6,9H2,1H3,(H3,16,17,18,19,20,22). The molecule has 2 aromatic rings. The number of nitrogens with zero attached hydrogens (tertiary/aromatic N) is 3. The van der Waals surface area contributed by atoms with Crippen molar-refractivity contribution < 1.29 is 4.79 Å². The van der Waals surface area contributed by atoms with Crippen LogP contribution in [0.5, 0.6) is 0 Å². The summed E-state index contributed by atoms with van der Waals surface area (Å²) >= 11 is 0. The number of aromatic nitrogens is 4. The van der Waals surface area contributed by atoms with E-state index in [-0.39, 0.29) is 6.03 Å². The maximum Gasteiger partial charge on any atom is 0.326 e. The average molecular weight is 302 g/mol. The van der Waals surface area contributed by atoms with Crippen LogP contribution in [0.2, 0.25) is 0 Å². The Morgan fingerprint density at radius 2 is 2.09 bits per heavy atom. The van der Waals surface area contributed by atoms with Gasteiger partial charge in [0, 0.05) is 31.1 Å². The largest absolute Gasteiger partial charge is 0.326 e. The highest BCUT2D eigenvalue weighted by molar-refractivity contribution is 5.98. The fourth-order valence-corrected chi connectivity index (χ4v) is 2.98. The van der Waals surface area contributed by atoms with E-state index >= 15 is 0 Å². The summed E-state index contributed by atoms with van der Waals surface area (Å²) < 4.78 is 1.63. The minimum atomic E-state index is -0.339. The first-order valence-corrected chi connectivity index (χ1v) is 7.81. The Morgan fingerprint density at radius 3 is 2.82 bits per heavy atom. The molecular formula is C15H22N6O. The number of aromatic amines is 1. The molecule has 2 heterocycles. The third kappa shape index (κ3) is 3.87. The van der Waals surface area contributed by atoms with Gasteiger partial charge >= 0.3 is 6.03 Å². The van der Waals surface area contributed by atoms with Crippen molar-refractivity contribution in [3.05, 3.63) is 24.0 Å².